The number of aromatic nitrogens is 3. The zero-order chi connectivity index (χ0) is 80.3. The van der Waals surface area contributed by atoms with Gasteiger partial charge in [0, 0.05) is 116 Å². The van der Waals surface area contributed by atoms with Gasteiger partial charge in [0.05, 0.1) is 73.6 Å². The van der Waals surface area contributed by atoms with E-state index in [4.69, 9.17) is 55.3 Å². The SMILES string of the molecule is CCOC(=O)Nc1ccc(NCc2cccs2)cc1N.CCOC(=O)Nc1ccc(NCc2nccs2)cc1N.Nc1ccc(N)c([N+](=O)[O-])c1.Nc1ccc(N)c([N+](=O)[O-])c1.Nc1ccc(NCc2cccs2)cc1[N+](=O)[O-].Nc1ccc(NCc2nccs2)cc1[N+](=O)[O-].O=Cc1cccs1.O=Cc1nccs1. The van der Waals surface area contributed by atoms with Crippen molar-refractivity contribution in [1.82, 2.24) is 15.0 Å². The molecule has 0 fully saturated rings. The number of hydrogen-bond acceptors (Lipinski definition) is 35. The molecule has 0 atom stereocenters. The maximum Gasteiger partial charge on any atom is 0.411 e. The molecule has 0 saturated heterocycles. The van der Waals surface area contributed by atoms with E-state index in [9.17, 15) is 59.6 Å². The van der Waals surface area contributed by atoms with E-state index in [2.05, 4.69) is 52.9 Å². The van der Waals surface area contributed by atoms with Crippen molar-refractivity contribution in [3.63, 3.8) is 0 Å². The molecule has 0 aliphatic heterocycles. The number of nitro groups is 4. The highest BCUT2D eigenvalue weighted by Gasteiger charge is 2.16. The van der Waals surface area contributed by atoms with E-state index in [1.807, 2.05) is 63.3 Å². The van der Waals surface area contributed by atoms with Crippen LogP contribution in [0.2, 0.25) is 0 Å². The molecule has 41 heteroatoms. The summed E-state index contributed by atoms with van der Waals surface area (Å²) in [6.07, 6.45) is 5.67. The molecule has 576 valence electrons. The number of nitrogens with two attached hydrogens (primary N) is 8. The Labute approximate surface area is 651 Å². The van der Waals surface area contributed by atoms with Gasteiger partial charge < -0.3 is 76.6 Å². The van der Waals surface area contributed by atoms with Gasteiger partial charge in [-0.2, -0.15) is 0 Å². The Kier molecular flexibility index (Phi) is 37.2. The first kappa shape index (κ1) is 87.0. The molecule has 110 heavy (non-hydrogen) atoms. The second-order valence-electron chi connectivity index (χ2n) is 21.1. The van der Waals surface area contributed by atoms with Crippen molar-refractivity contribution in [3.8, 4) is 0 Å². The molecule has 6 aromatic heterocycles. The monoisotopic (exact) mass is 1610 g/mol. The number of benzene rings is 6. The summed E-state index contributed by atoms with van der Waals surface area (Å²) in [4.78, 5) is 97.3. The lowest BCUT2D eigenvalue weighted by Gasteiger charge is -2.11. The lowest BCUT2D eigenvalue weighted by Crippen LogP contribution is -2.14. The Morgan fingerprint density at radius 3 is 1.05 bits per heavy atom. The van der Waals surface area contributed by atoms with Crippen LogP contribution >= 0.6 is 68.0 Å². The average molecular weight is 1610 g/mol. The second-order valence-corrected chi connectivity index (χ2v) is 27.0. The van der Waals surface area contributed by atoms with Crippen LogP contribution in [0.4, 0.5) is 112 Å². The van der Waals surface area contributed by atoms with Crippen LogP contribution in [-0.2, 0) is 35.7 Å². The van der Waals surface area contributed by atoms with Crippen LogP contribution in [0.5, 0.6) is 0 Å². The molecule has 12 aromatic rings. The molecule has 12 rings (SSSR count). The van der Waals surface area contributed by atoms with Crippen LogP contribution in [-0.4, -0.2) is 72.6 Å². The molecule has 35 nitrogen and oxygen atoms in total. The fraction of sp³-hybridized carbons (Fsp3) is 0.116. The summed E-state index contributed by atoms with van der Waals surface area (Å²) in [5.41, 5.74) is 50.0. The van der Waals surface area contributed by atoms with Crippen molar-refractivity contribution in [2.75, 3.05) is 91.0 Å². The van der Waals surface area contributed by atoms with Crippen molar-refractivity contribution >= 4 is 195 Å². The van der Waals surface area contributed by atoms with Gasteiger partial charge in [0.1, 0.15) is 32.8 Å². The summed E-state index contributed by atoms with van der Waals surface area (Å²) in [6, 6.07) is 40.1. The molecule has 0 radical (unpaired) electrons. The lowest BCUT2D eigenvalue weighted by atomic mass is 10.2. The smallest absolute Gasteiger partial charge is 0.411 e. The van der Waals surface area contributed by atoms with Gasteiger partial charge in [-0.15, -0.1) is 68.0 Å². The molecule has 0 aliphatic rings. The first-order valence-electron chi connectivity index (χ1n) is 31.7. The first-order valence-corrected chi connectivity index (χ1v) is 37.0. The van der Waals surface area contributed by atoms with Crippen LogP contribution in [0.3, 0.4) is 0 Å². The number of anilines is 14. The van der Waals surface area contributed by atoms with Crippen molar-refractivity contribution in [1.29, 1.82) is 0 Å². The van der Waals surface area contributed by atoms with E-state index in [0.717, 1.165) is 45.4 Å². The normalized spacial score (nSPS) is 9.76. The molecule has 22 N–H and O–H groups in total. The first-order chi connectivity index (χ1) is 52.8. The zero-order valence-electron chi connectivity index (χ0n) is 58.4. The quantitative estimate of drug-likeness (QED) is 0.0130. The van der Waals surface area contributed by atoms with Gasteiger partial charge >= 0.3 is 12.2 Å². The number of amides is 2. The van der Waals surface area contributed by atoms with E-state index in [1.165, 1.54) is 104 Å². The summed E-state index contributed by atoms with van der Waals surface area (Å²) in [5, 5.41) is 73.7. The number of ether oxygens (including phenoxy) is 2. The number of hydrogen-bond donors (Lipinski definition) is 14. The molecular formula is C69H75N21O14S6. The van der Waals surface area contributed by atoms with Gasteiger partial charge in [-0.1, -0.05) is 18.2 Å². The molecule has 0 aliphatic carbocycles. The van der Waals surface area contributed by atoms with Gasteiger partial charge in [0.25, 0.3) is 22.7 Å². The summed E-state index contributed by atoms with van der Waals surface area (Å²) < 4.78 is 9.61. The summed E-state index contributed by atoms with van der Waals surface area (Å²) in [5.74, 6) is 0. The largest absolute Gasteiger partial charge is 0.450 e. The number of nitrogens with zero attached hydrogens (tertiary/aromatic N) is 7. The minimum Gasteiger partial charge on any atom is -0.450 e. The summed E-state index contributed by atoms with van der Waals surface area (Å²) in [6.45, 7) is 6.72. The molecule has 6 aromatic carbocycles. The van der Waals surface area contributed by atoms with Gasteiger partial charge in [0.15, 0.2) is 17.6 Å². The number of thiazole rings is 3. The highest BCUT2D eigenvalue weighted by Crippen LogP contribution is 2.30. The third-order valence-electron chi connectivity index (χ3n) is 13.2. The molecule has 0 spiro atoms. The number of nitro benzene ring substituents is 4. The topological polar surface area (TPSA) is 578 Å². The maximum atomic E-state index is 11.3. The van der Waals surface area contributed by atoms with E-state index >= 15 is 0 Å². The number of aldehydes is 2. The van der Waals surface area contributed by atoms with Crippen molar-refractivity contribution in [2.24, 2.45) is 0 Å². The number of thiophene rings is 3. The highest BCUT2D eigenvalue weighted by molar-refractivity contribution is 7.12. The third kappa shape index (κ3) is 32.0. The predicted octanol–water partition coefficient (Wildman–Crippen LogP) is 15.5. The highest BCUT2D eigenvalue weighted by atomic mass is 32.1. The zero-order valence-corrected chi connectivity index (χ0v) is 63.3. The van der Waals surface area contributed by atoms with E-state index < -0.39 is 31.9 Å². The van der Waals surface area contributed by atoms with Crippen LogP contribution in [0.15, 0.2) is 196 Å². The summed E-state index contributed by atoms with van der Waals surface area (Å²) in [7, 11) is 0. The number of rotatable bonds is 22. The lowest BCUT2D eigenvalue weighted by molar-refractivity contribution is -0.384. The Morgan fingerprint density at radius 2 is 0.755 bits per heavy atom. The second kappa shape index (κ2) is 47.1. The number of nitrogen functional groups attached to an aromatic ring is 8. The van der Waals surface area contributed by atoms with E-state index in [-0.39, 0.29) is 45.5 Å². The molecule has 6 heterocycles. The van der Waals surface area contributed by atoms with Crippen molar-refractivity contribution in [3.05, 3.63) is 267 Å². The Bertz CT molecular complexity index is 4530. The molecule has 0 bridgehead atoms. The Morgan fingerprint density at radius 1 is 0.400 bits per heavy atom. The van der Waals surface area contributed by atoms with Gasteiger partial charge in [-0.25, -0.2) is 24.5 Å². The Balaban J connectivity index is 0.000000230. The van der Waals surface area contributed by atoms with Crippen LogP contribution < -0.4 is 77.8 Å². The minimum atomic E-state index is -0.564. The Hall–Kier alpha value is -13.6. The van der Waals surface area contributed by atoms with Crippen molar-refractivity contribution < 1.29 is 48.3 Å². The molecule has 0 unspecified atom stereocenters. The van der Waals surface area contributed by atoms with Crippen LogP contribution in [0.1, 0.15) is 53.1 Å². The standard InChI is InChI=1S/C14H17N3O2S.C13H16N4O2S.C11H11N3O2S.C10H10N4O2S.2C6H7N3O2.C5H4OS.C4H3NOS/c1-2-19-14(18)17-13-6-5-10(8-12(13)15)16-9-11-4-3-7-20-11;1-2-19-13(18)17-11-4-3-9(7-10(11)14)16-8-12-15-5-6-20-12;12-10-4-3-8(6-11(10)14(15)16)13-7-9-2-1-5-17-9;11-8-2-1-7(5-9(8)14(15)16)13-6-10-12-3-4-17-10;2*7-4-1-2-5(8)6(3-4)9(10)11;6-4-5-2-1-3-7-5;6-3-4-5-1-2-7-4/h3-8,16H,2,9,15H2,1H3,(H,17,18);3-7,16H,2,8,14H2,1H3,(H,17,18);1-6,13H,7,12H2;1-5,13H,6,11H2;2*1-3H,7-8H2;1-4H;1-3H. The average Bonchev–Trinajstić information content (AvgIpc) is 1.32. The fourth-order valence-corrected chi connectivity index (χ4v) is 11.4. The maximum absolute atomic E-state index is 11.3. The van der Waals surface area contributed by atoms with Crippen LogP contribution in [0.25, 0.3) is 0 Å². The molecular weight excluding hydrogens is 1540 g/mol. The number of nitrogens with one attached hydrogen (secondary N) is 6. The predicted molar refractivity (Wildman–Crippen MR) is 441 cm³/mol. The third-order valence-corrected chi connectivity index (χ3v) is 18.1. The summed E-state index contributed by atoms with van der Waals surface area (Å²) >= 11 is 9.24. The van der Waals surface area contributed by atoms with Gasteiger partial charge in [-0.05, 0) is 133 Å². The number of carbonyl (C=O) groups excluding carboxylic acids is 4. The van der Waals surface area contributed by atoms with Crippen LogP contribution in [0, 0.1) is 40.5 Å². The molecule has 0 saturated carbocycles. The number of carbonyl (C=O) groups is 4. The van der Waals surface area contributed by atoms with Crippen molar-refractivity contribution in [2.45, 2.75) is 40.0 Å². The van der Waals surface area contributed by atoms with Gasteiger partial charge in [0.2, 0.25) is 0 Å². The van der Waals surface area contributed by atoms with E-state index in [1.54, 1.807) is 114 Å². The molecule has 2 amide bonds. The van der Waals surface area contributed by atoms with Gasteiger partial charge in [-0.3, -0.25) is 60.7 Å². The minimum absolute atomic E-state index is 0.0684. The van der Waals surface area contributed by atoms with E-state index in [0.29, 0.717) is 83.4 Å². The fourth-order valence-electron chi connectivity index (χ4n) is 8.08.